The zero-order chi connectivity index (χ0) is 15.4. The van der Waals surface area contributed by atoms with Crippen LogP contribution in [0.5, 0.6) is 0 Å². The van der Waals surface area contributed by atoms with E-state index in [9.17, 15) is 0 Å². The predicted octanol–water partition coefficient (Wildman–Crippen LogP) is 4.14. The summed E-state index contributed by atoms with van der Waals surface area (Å²) in [5.74, 6) is 0.901. The zero-order valence-electron chi connectivity index (χ0n) is 11.5. The average Bonchev–Trinajstić information content (AvgIpc) is 2.74. The van der Waals surface area contributed by atoms with Crippen LogP contribution < -0.4 is 0 Å². The molecule has 0 aliphatic rings. The third kappa shape index (κ3) is 3.72. The summed E-state index contributed by atoms with van der Waals surface area (Å²) in [6.45, 7) is 1.91. The van der Waals surface area contributed by atoms with E-state index in [2.05, 4.69) is 9.97 Å². The number of pyridine rings is 1. The molecule has 1 aromatic carbocycles. The zero-order valence-corrected chi connectivity index (χ0v) is 13.0. The van der Waals surface area contributed by atoms with Crippen molar-refractivity contribution in [2.45, 2.75) is 6.92 Å². The number of rotatable bonds is 0. The fourth-order valence-electron chi connectivity index (χ4n) is 1.70. The molecule has 0 atom stereocenters. The Balaban J connectivity index is 0.000000173. The van der Waals surface area contributed by atoms with Gasteiger partial charge in [0.25, 0.3) is 0 Å². The van der Waals surface area contributed by atoms with Crippen molar-refractivity contribution < 1.29 is 0 Å². The van der Waals surface area contributed by atoms with E-state index in [1.165, 1.54) is 0 Å². The molecule has 0 amide bonds. The highest BCUT2D eigenvalue weighted by Gasteiger charge is 2.05. The number of benzene rings is 1. The molecule has 0 aliphatic carbocycles. The topological polar surface area (TPSA) is 54.5 Å². The third-order valence-corrected chi connectivity index (χ3v) is 3.31. The fraction of sp³-hybridized carbons (Fsp3) is 0.133. The van der Waals surface area contributed by atoms with Crippen molar-refractivity contribution in [3.8, 4) is 6.07 Å². The summed E-state index contributed by atoms with van der Waals surface area (Å²) in [6, 6.07) is 12.6. The Bertz CT molecular complexity index is 801. The van der Waals surface area contributed by atoms with Crippen LogP contribution in [-0.4, -0.2) is 14.5 Å². The molecule has 0 N–H and O–H groups in total. The molecule has 0 saturated carbocycles. The minimum absolute atomic E-state index is 0.426. The fourth-order valence-corrected chi connectivity index (χ4v) is 2.14. The van der Waals surface area contributed by atoms with Gasteiger partial charge in [0.1, 0.15) is 23.1 Å². The Labute approximate surface area is 132 Å². The number of aryl methyl sites for hydroxylation is 2. The van der Waals surface area contributed by atoms with Crippen molar-refractivity contribution in [3.63, 3.8) is 0 Å². The lowest BCUT2D eigenvalue weighted by Gasteiger charge is -1.94. The van der Waals surface area contributed by atoms with Crippen LogP contribution in [0.25, 0.3) is 11.2 Å². The van der Waals surface area contributed by atoms with Gasteiger partial charge in [0.2, 0.25) is 0 Å². The normalized spacial score (nSPS) is 9.86. The molecule has 21 heavy (non-hydrogen) atoms. The van der Waals surface area contributed by atoms with E-state index in [0.29, 0.717) is 15.7 Å². The molecule has 4 nitrogen and oxygen atoms in total. The Morgan fingerprint density at radius 1 is 1.10 bits per heavy atom. The van der Waals surface area contributed by atoms with Crippen LogP contribution in [0.15, 0.2) is 36.4 Å². The van der Waals surface area contributed by atoms with Crippen molar-refractivity contribution in [1.29, 1.82) is 5.26 Å². The van der Waals surface area contributed by atoms with Gasteiger partial charge in [-0.3, -0.25) is 0 Å². The van der Waals surface area contributed by atoms with E-state index in [1.807, 2.05) is 36.7 Å². The standard InChI is InChI=1S/C9H8N4.C6H4Cl2/c1-6-11-8-4-3-7(5-10)12-9(8)13(6)2;7-5-2-1-3-6(8)4-5/h3-4H,1-2H3;1-4H. The van der Waals surface area contributed by atoms with Crippen LogP contribution in [0.3, 0.4) is 0 Å². The van der Waals surface area contributed by atoms with Crippen LogP contribution in [-0.2, 0) is 7.05 Å². The van der Waals surface area contributed by atoms with Crippen molar-refractivity contribution in [1.82, 2.24) is 14.5 Å². The number of nitriles is 1. The first-order chi connectivity index (χ1) is 10.0. The number of hydrogen-bond donors (Lipinski definition) is 0. The highest BCUT2D eigenvalue weighted by Crippen LogP contribution is 2.14. The molecular formula is C15H12Cl2N4. The second kappa shape index (κ2) is 6.57. The Morgan fingerprint density at radius 3 is 2.29 bits per heavy atom. The molecule has 106 valence electrons. The maximum atomic E-state index is 8.65. The van der Waals surface area contributed by atoms with E-state index < -0.39 is 0 Å². The van der Waals surface area contributed by atoms with Gasteiger partial charge in [-0.1, -0.05) is 29.3 Å². The monoisotopic (exact) mass is 318 g/mol. The highest BCUT2D eigenvalue weighted by molar-refractivity contribution is 6.34. The second-order valence-electron chi connectivity index (χ2n) is 4.31. The van der Waals surface area contributed by atoms with Crippen LogP contribution in [0, 0.1) is 18.3 Å². The maximum absolute atomic E-state index is 8.65. The van der Waals surface area contributed by atoms with Crippen LogP contribution in [0.1, 0.15) is 11.5 Å². The first kappa shape index (κ1) is 15.3. The van der Waals surface area contributed by atoms with Crippen LogP contribution in [0.2, 0.25) is 10.0 Å². The molecular weight excluding hydrogens is 307 g/mol. The van der Waals surface area contributed by atoms with Gasteiger partial charge in [0, 0.05) is 17.1 Å². The lowest BCUT2D eigenvalue weighted by Crippen LogP contribution is -1.93. The summed E-state index contributed by atoms with van der Waals surface area (Å²) in [5, 5.41) is 10.0. The second-order valence-corrected chi connectivity index (χ2v) is 5.18. The Hall–Kier alpha value is -2.09. The molecule has 0 saturated heterocycles. The van der Waals surface area contributed by atoms with Crippen molar-refractivity contribution in [2.24, 2.45) is 7.05 Å². The molecule has 2 heterocycles. The minimum Gasteiger partial charge on any atom is -0.316 e. The number of aromatic nitrogens is 3. The number of halogens is 2. The summed E-state index contributed by atoms with van der Waals surface area (Å²) in [4.78, 5) is 8.43. The molecule has 6 heteroatoms. The van der Waals surface area contributed by atoms with E-state index in [0.717, 1.165) is 17.0 Å². The number of hydrogen-bond acceptors (Lipinski definition) is 3. The lowest BCUT2D eigenvalue weighted by atomic mass is 10.3. The van der Waals surface area contributed by atoms with E-state index in [-0.39, 0.29) is 0 Å². The maximum Gasteiger partial charge on any atom is 0.161 e. The minimum atomic E-state index is 0.426. The van der Waals surface area contributed by atoms with Crippen LogP contribution >= 0.6 is 23.2 Å². The summed E-state index contributed by atoms with van der Waals surface area (Å²) in [5.41, 5.74) is 2.02. The summed E-state index contributed by atoms with van der Waals surface area (Å²) < 4.78 is 1.87. The summed E-state index contributed by atoms with van der Waals surface area (Å²) >= 11 is 11.1. The third-order valence-electron chi connectivity index (χ3n) is 2.84. The van der Waals surface area contributed by atoms with Gasteiger partial charge in [0.15, 0.2) is 5.65 Å². The largest absolute Gasteiger partial charge is 0.316 e. The molecule has 0 aliphatic heterocycles. The molecule has 2 aromatic heterocycles. The molecule has 0 bridgehead atoms. The number of nitrogens with zero attached hydrogens (tertiary/aromatic N) is 4. The van der Waals surface area contributed by atoms with Gasteiger partial charge in [-0.25, -0.2) is 9.97 Å². The van der Waals surface area contributed by atoms with Crippen molar-refractivity contribution in [3.05, 3.63) is 58.0 Å². The van der Waals surface area contributed by atoms with Gasteiger partial charge in [-0.15, -0.1) is 0 Å². The molecule has 0 radical (unpaired) electrons. The van der Waals surface area contributed by atoms with E-state index >= 15 is 0 Å². The highest BCUT2D eigenvalue weighted by atomic mass is 35.5. The van der Waals surface area contributed by atoms with Crippen molar-refractivity contribution in [2.75, 3.05) is 0 Å². The molecule has 0 spiro atoms. The molecule has 0 fully saturated rings. The van der Waals surface area contributed by atoms with Gasteiger partial charge < -0.3 is 4.57 Å². The molecule has 3 aromatic rings. The molecule has 0 unspecified atom stereocenters. The Kier molecular flexibility index (Phi) is 4.79. The van der Waals surface area contributed by atoms with Crippen molar-refractivity contribution >= 4 is 34.4 Å². The lowest BCUT2D eigenvalue weighted by molar-refractivity contribution is 0.873. The number of imidazole rings is 1. The van der Waals surface area contributed by atoms with Gasteiger partial charge in [-0.05, 0) is 37.3 Å². The summed E-state index contributed by atoms with van der Waals surface area (Å²) in [6.07, 6.45) is 0. The quantitative estimate of drug-likeness (QED) is 0.626. The first-order valence-electron chi connectivity index (χ1n) is 6.12. The first-order valence-corrected chi connectivity index (χ1v) is 6.88. The number of fused-ring (bicyclic) bond motifs is 1. The van der Waals surface area contributed by atoms with Crippen LogP contribution in [0.4, 0.5) is 0 Å². The predicted molar refractivity (Wildman–Crippen MR) is 84.4 cm³/mol. The smallest absolute Gasteiger partial charge is 0.161 e. The average molecular weight is 319 g/mol. The molecule has 3 rings (SSSR count). The summed E-state index contributed by atoms with van der Waals surface area (Å²) in [7, 11) is 1.89. The van der Waals surface area contributed by atoms with Gasteiger partial charge in [0.05, 0.1) is 0 Å². The van der Waals surface area contributed by atoms with E-state index in [4.69, 9.17) is 28.5 Å². The SMILES string of the molecule is Cc1nc2ccc(C#N)nc2n1C.Clc1cccc(Cl)c1. The van der Waals surface area contributed by atoms with E-state index in [1.54, 1.807) is 24.3 Å². The van der Waals surface area contributed by atoms with Gasteiger partial charge in [-0.2, -0.15) is 5.26 Å². The Morgan fingerprint density at radius 2 is 1.76 bits per heavy atom. The van der Waals surface area contributed by atoms with Gasteiger partial charge >= 0.3 is 0 Å².